The zero-order valence-electron chi connectivity index (χ0n) is 16.4. The van der Waals surface area contributed by atoms with Gasteiger partial charge in [-0.2, -0.15) is 0 Å². The van der Waals surface area contributed by atoms with E-state index < -0.39 is 5.76 Å². The Kier molecular flexibility index (Phi) is 5.64. The van der Waals surface area contributed by atoms with Crippen LogP contribution in [0, 0.1) is 0 Å². The molecule has 150 valence electrons. The number of piperazine rings is 1. The number of aromatic nitrogens is 1. The Balaban J connectivity index is 1.33. The van der Waals surface area contributed by atoms with Gasteiger partial charge < -0.3 is 14.2 Å². The Morgan fingerprint density at radius 3 is 2.39 bits per heavy atom. The van der Waals surface area contributed by atoms with Crippen molar-refractivity contribution in [2.75, 3.05) is 46.3 Å². The first kappa shape index (κ1) is 19.0. The van der Waals surface area contributed by atoms with Gasteiger partial charge in [0.05, 0.1) is 6.20 Å². The molecule has 28 heavy (non-hydrogen) atoms. The highest BCUT2D eigenvalue weighted by Gasteiger charge is 2.28. The number of piperidine rings is 1. The molecule has 0 N–H and O–H groups in total. The molecule has 7 heteroatoms. The van der Waals surface area contributed by atoms with Gasteiger partial charge in [0.2, 0.25) is 5.91 Å². The third-order valence-corrected chi connectivity index (χ3v) is 5.94. The minimum Gasteiger partial charge on any atom is -0.408 e. The molecule has 2 saturated heterocycles. The monoisotopic (exact) mass is 384 g/mol. The third-order valence-electron chi connectivity index (χ3n) is 5.94. The summed E-state index contributed by atoms with van der Waals surface area (Å²) in [7, 11) is 2.17. The topological polar surface area (TPSA) is 61.9 Å². The Bertz CT molecular complexity index is 844. The van der Waals surface area contributed by atoms with Crippen LogP contribution in [-0.2, 0) is 11.3 Å². The first-order valence-corrected chi connectivity index (χ1v) is 10.1. The van der Waals surface area contributed by atoms with Gasteiger partial charge in [-0.15, -0.1) is 0 Å². The molecule has 2 aromatic rings. The lowest BCUT2D eigenvalue weighted by atomic mass is 10.0. The molecule has 1 aromatic carbocycles. The largest absolute Gasteiger partial charge is 0.419 e. The molecule has 0 radical (unpaired) electrons. The Morgan fingerprint density at radius 1 is 1.04 bits per heavy atom. The summed E-state index contributed by atoms with van der Waals surface area (Å²) in [5, 5.41) is 0. The summed E-state index contributed by atoms with van der Waals surface area (Å²) in [6.45, 7) is 5.61. The van der Waals surface area contributed by atoms with E-state index in [0.29, 0.717) is 11.8 Å². The van der Waals surface area contributed by atoms with Crippen LogP contribution in [0.4, 0.5) is 0 Å². The average molecular weight is 384 g/mol. The minimum atomic E-state index is -0.489. The molecule has 0 unspecified atom stereocenters. The summed E-state index contributed by atoms with van der Waals surface area (Å²) in [6, 6.07) is 10.1. The molecule has 7 nitrogen and oxygen atoms in total. The average Bonchev–Trinajstić information content (AvgIpc) is 3.10. The van der Waals surface area contributed by atoms with Crippen LogP contribution in [-0.4, -0.2) is 77.5 Å². The summed E-state index contributed by atoms with van der Waals surface area (Å²) < 4.78 is 6.69. The van der Waals surface area contributed by atoms with Crippen molar-refractivity contribution >= 4 is 5.91 Å². The molecular formula is C21H28N4O3. The van der Waals surface area contributed by atoms with E-state index >= 15 is 0 Å². The number of hydrogen-bond acceptors (Lipinski definition) is 5. The molecule has 0 atom stereocenters. The maximum atomic E-state index is 12.7. The molecule has 1 amide bonds. The number of nitrogens with zero attached hydrogens (tertiary/aromatic N) is 4. The van der Waals surface area contributed by atoms with Crippen LogP contribution in [0.15, 0.2) is 45.7 Å². The second-order valence-electron chi connectivity index (χ2n) is 7.81. The van der Waals surface area contributed by atoms with Gasteiger partial charge in [-0.25, -0.2) is 4.79 Å². The zero-order valence-corrected chi connectivity index (χ0v) is 16.4. The van der Waals surface area contributed by atoms with E-state index in [4.69, 9.17) is 4.42 Å². The lowest BCUT2D eigenvalue weighted by Gasteiger charge is -2.42. The van der Waals surface area contributed by atoms with E-state index in [1.165, 1.54) is 17.4 Å². The van der Waals surface area contributed by atoms with Gasteiger partial charge in [0, 0.05) is 37.8 Å². The van der Waals surface area contributed by atoms with Gasteiger partial charge in [0.25, 0.3) is 0 Å². The first-order valence-electron chi connectivity index (χ1n) is 10.1. The molecule has 0 aliphatic carbocycles. The number of amides is 1. The lowest BCUT2D eigenvalue weighted by molar-refractivity contribution is -0.134. The van der Waals surface area contributed by atoms with Crippen LogP contribution in [0.25, 0.3) is 11.3 Å². The van der Waals surface area contributed by atoms with Crippen molar-refractivity contribution in [1.29, 1.82) is 0 Å². The van der Waals surface area contributed by atoms with E-state index in [9.17, 15) is 9.59 Å². The number of carbonyl (C=O) groups is 1. The van der Waals surface area contributed by atoms with Gasteiger partial charge in [-0.05, 0) is 33.0 Å². The van der Waals surface area contributed by atoms with E-state index in [-0.39, 0.29) is 12.5 Å². The summed E-state index contributed by atoms with van der Waals surface area (Å²) in [4.78, 5) is 31.6. The number of likely N-dealkylation sites (tertiary alicyclic amines) is 1. The van der Waals surface area contributed by atoms with Crippen LogP contribution in [0.5, 0.6) is 0 Å². The van der Waals surface area contributed by atoms with Crippen molar-refractivity contribution in [2.45, 2.75) is 25.4 Å². The van der Waals surface area contributed by atoms with Crippen LogP contribution < -0.4 is 5.76 Å². The van der Waals surface area contributed by atoms with Crippen LogP contribution in [0.1, 0.15) is 12.8 Å². The lowest BCUT2D eigenvalue weighted by Crippen LogP contribution is -2.54. The fourth-order valence-corrected chi connectivity index (χ4v) is 4.16. The second kappa shape index (κ2) is 8.32. The smallest absolute Gasteiger partial charge is 0.408 e. The predicted molar refractivity (Wildman–Crippen MR) is 107 cm³/mol. The molecule has 2 fully saturated rings. The van der Waals surface area contributed by atoms with Crippen molar-refractivity contribution in [3.8, 4) is 11.3 Å². The van der Waals surface area contributed by atoms with Crippen molar-refractivity contribution in [2.24, 2.45) is 0 Å². The van der Waals surface area contributed by atoms with Crippen molar-refractivity contribution in [1.82, 2.24) is 19.3 Å². The summed E-state index contributed by atoms with van der Waals surface area (Å²) in [5.74, 6) is -0.0202. The quantitative estimate of drug-likeness (QED) is 0.796. The van der Waals surface area contributed by atoms with Crippen LogP contribution >= 0.6 is 0 Å². The zero-order chi connectivity index (χ0) is 19.5. The molecule has 0 saturated carbocycles. The number of oxazole rings is 1. The fraction of sp³-hybridized carbons (Fsp3) is 0.524. The summed E-state index contributed by atoms with van der Waals surface area (Å²) >= 11 is 0. The number of carbonyl (C=O) groups excluding carboxylic acids is 1. The predicted octanol–water partition coefficient (Wildman–Crippen LogP) is 1.35. The minimum absolute atomic E-state index is 0.0226. The fourth-order valence-electron chi connectivity index (χ4n) is 4.16. The second-order valence-corrected chi connectivity index (χ2v) is 7.81. The van der Waals surface area contributed by atoms with E-state index in [0.717, 1.165) is 44.8 Å². The molecule has 0 spiro atoms. The van der Waals surface area contributed by atoms with Crippen molar-refractivity contribution in [3.05, 3.63) is 47.1 Å². The maximum Gasteiger partial charge on any atom is 0.419 e. The standard InChI is InChI=1S/C21H28N4O3/c1-22-9-7-18(8-10-22)23-11-13-24(14-12-23)20(26)16-25-15-19(28-21(25)27)17-5-3-2-4-6-17/h2-6,15,18H,7-14,16H2,1H3. The van der Waals surface area contributed by atoms with Crippen LogP contribution in [0.2, 0.25) is 0 Å². The number of hydrogen-bond donors (Lipinski definition) is 0. The van der Waals surface area contributed by atoms with Gasteiger partial charge in [-0.3, -0.25) is 14.3 Å². The maximum absolute atomic E-state index is 12.7. The Morgan fingerprint density at radius 2 is 1.71 bits per heavy atom. The van der Waals surface area contributed by atoms with Gasteiger partial charge in [-0.1, -0.05) is 30.3 Å². The Hall–Kier alpha value is -2.38. The molecule has 2 aliphatic heterocycles. The highest BCUT2D eigenvalue weighted by atomic mass is 16.4. The van der Waals surface area contributed by atoms with E-state index in [1.54, 1.807) is 6.20 Å². The highest BCUT2D eigenvalue weighted by molar-refractivity contribution is 5.76. The van der Waals surface area contributed by atoms with Crippen molar-refractivity contribution < 1.29 is 9.21 Å². The van der Waals surface area contributed by atoms with Gasteiger partial charge in [0.15, 0.2) is 5.76 Å². The molecule has 4 rings (SSSR count). The number of rotatable bonds is 4. The third kappa shape index (κ3) is 4.20. The Labute approximate surface area is 165 Å². The van der Waals surface area contributed by atoms with Gasteiger partial charge in [0.1, 0.15) is 6.54 Å². The first-order chi connectivity index (χ1) is 13.6. The SMILES string of the molecule is CN1CCC(N2CCN(C(=O)Cn3cc(-c4ccccc4)oc3=O)CC2)CC1. The number of benzene rings is 1. The summed E-state index contributed by atoms with van der Waals surface area (Å²) in [5.41, 5.74) is 0.831. The van der Waals surface area contributed by atoms with E-state index in [1.807, 2.05) is 35.2 Å². The van der Waals surface area contributed by atoms with Crippen LogP contribution in [0.3, 0.4) is 0 Å². The molecule has 2 aliphatic rings. The highest BCUT2D eigenvalue weighted by Crippen LogP contribution is 2.19. The summed E-state index contributed by atoms with van der Waals surface area (Å²) in [6.07, 6.45) is 4.04. The molecule has 1 aromatic heterocycles. The molecule has 0 bridgehead atoms. The molecule has 3 heterocycles. The van der Waals surface area contributed by atoms with E-state index in [2.05, 4.69) is 16.8 Å². The molecular weight excluding hydrogens is 356 g/mol. The normalized spacial score (nSPS) is 19.8. The van der Waals surface area contributed by atoms with Gasteiger partial charge >= 0.3 is 5.76 Å². The van der Waals surface area contributed by atoms with Crippen molar-refractivity contribution in [3.63, 3.8) is 0 Å².